The van der Waals surface area contributed by atoms with Gasteiger partial charge >= 0.3 is 0 Å². The molecule has 0 aliphatic carbocycles. The lowest BCUT2D eigenvalue weighted by Gasteiger charge is -2.05. The van der Waals surface area contributed by atoms with E-state index in [2.05, 4.69) is 0 Å². The molecule has 0 aromatic heterocycles. The van der Waals surface area contributed by atoms with Crippen molar-refractivity contribution >= 4 is 21.4 Å². The summed E-state index contributed by atoms with van der Waals surface area (Å²) in [6.07, 6.45) is 0. The zero-order chi connectivity index (χ0) is 13.2. The average molecular weight is 285 g/mol. The normalized spacial score (nSPS) is 11.4. The lowest BCUT2D eigenvalue weighted by molar-refractivity contribution is 0.587. The summed E-state index contributed by atoms with van der Waals surface area (Å²) < 4.78 is 37.6. The smallest absolute Gasteiger partial charge is 0.182 e. The predicted molar refractivity (Wildman–Crippen MR) is 68.7 cm³/mol. The fraction of sp³-hybridized carbons (Fsp3) is 0.0769. The van der Waals surface area contributed by atoms with Gasteiger partial charge in [-0.3, -0.25) is 0 Å². The molecule has 0 N–H and O–H groups in total. The number of rotatable bonds is 3. The molecule has 2 nitrogen and oxygen atoms in total. The Bertz CT molecular complexity index is 654. The van der Waals surface area contributed by atoms with Gasteiger partial charge in [-0.25, -0.2) is 12.8 Å². The minimum Gasteiger partial charge on any atom is -0.223 e. The summed E-state index contributed by atoms with van der Waals surface area (Å²) in [6.45, 7) is 0. The lowest BCUT2D eigenvalue weighted by atomic mass is 10.2. The molecule has 0 atom stereocenters. The minimum atomic E-state index is -3.53. The molecule has 0 spiro atoms. The summed E-state index contributed by atoms with van der Waals surface area (Å²) in [6, 6.07) is 11.9. The van der Waals surface area contributed by atoms with Crippen molar-refractivity contribution in [3.8, 4) is 0 Å². The molecule has 0 saturated carbocycles. The predicted octanol–water partition coefficient (Wildman–Crippen LogP) is 3.45. The highest BCUT2D eigenvalue weighted by atomic mass is 35.5. The molecule has 18 heavy (non-hydrogen) atoms. The van der Waals surface area contributed by atoms with Gasteiger partial charge in [0.2, 0.25) is 0 Å². The van der Waals surface area contributed by atoms with Crippen molar-refractivity contribution in [1.82, 2.24) is 0 Å². The maximum absolute atomic E-state index is 13.5. The first-order valence-electron chi connectivity index (χ1n) is 5.21. The zero-order valence-corrected chi connectivity index (χ0v) is 10.9. The summed E-state index contributed by atoms with van der Waals surface area (Å²) in [5.74, 6) is -0.984. The van der Waals surface area contributed by atoms with E-state index in [1.165, 1.54) is 24.3 Å². The maximum atomic E-state index is 13.5. The van der Waals surface area contributed by atoms with Gasteiger partial charge in [0.1, 0.15) is 5.82 Å². The summed E-state index contributed by atoms with van der Waals surface area (Å²) in [5.41, 5.74) is 0.114. The van der Waals surface area contributed by atoms with Gasteiger partial charge in [0.25, 0.3) is 0 Å². The molecule has 0 aliphatic rings. The summed E-state index contributed by atoms with van der Waals surface area (Å²) >= 11 is 5.62. The maximum Gasteiger partial charge on any atom is 0.182 e. The van der Waals surface area contributed by atoms with E-state index < -0.39 is 15.7 Å². The van der Waals surface area contributed by atoms with Crippen molar-refractivity contribution in [3.63, 3.8) is 0 Å². The number of hydrogen-bond donors (Lipinski definition) is 0. The van der Waals surface area contributed by atoms with Crippen LogP contribution in [0, 0.1) is 5.82 Å². The van der Waals surface area contributed by atoms with Crippen LogP contribution in [0.15, 0.2) is 53.4 Å². The third-order valence-electron chi connectivity index (χ3n) is 2.46. The zero-order valence-electron chi connectivity index (χ0n) is 9.31. The van der Waals surface area contributed by atoms with Gasteiger partial charge in [0.05, 0.1) is 10.6 Å². The number of sulfone groups is 1. The first-order valence-corrected chi connectivity index (χ1v) is 7.24. The van der Waals surface area contributed by atoms with Gasteiger partial charge in [-0.2, -0.15) is 0 Å². The van der Waals surface area contributed by atoms with E-state index >= 15 is 0 Å². The second kappa shape index (κ2) is 5.08. The molecule has 0 saturated heterocycles. The lowest BCUT2D eigenvalue weighted by Crippen LogP contribution is -2.06. The quantitative estimate of drug-likeness (QED) is 0.865. The van der Waals surface area contributed by atoms with E-state index in [1.54, 1.807) is 18.2 Å². The Hall–Kier alpha value is -1.39. The van der Waals surface area contributed by atoms with E-state index in [9.17, 15) is 12.8 Å². The van der Waals surface area contributed by atoms with Gasteiger partial charge in [-0.15, -0.1) is 0 Å². The van der Waals surface area contributed by atoms with Gasteiger partial charge in [-0.05, 0) is 24.3 Å². The van der Waals surface area contributed by atoms with E-state index in [-0.39, 0.29) is 21.2 Å². The van der Waals surface area contributed by atoms with Crippen molar-refractivity contribution in [2.45, 2.75) is 10.6 Å². The van der Waals surface area contributed by atoms with Gasteiger partial charge in [0.15, 0.2) is 9.84 Å². The molecule has 0 amide bonds. The Morgan fingerprint density at radius 3 is 2.33 bits per heavy atom. The van der Waals surface area contributed by atoms with Crippen LogP contribution in [-0.2, 0) is 15.6 Å². The van der Waals surface area contributed by atoms with Gasteiger partial charge in [0, 0.05) is 10.6 Å². The minimum absolute atomic E-state index is 0.114. The van der Waals surface area contributed by atoms with Crippen LogP contribution in [-0.4, -0.2) is 8.42 Å². The number of benzene rings is 2. The third kappa shape index (κ3) is 2.89. The van der Waals surface area contributed by atoms with Crippen LogP contribution < -0.4 is 0 Å². The molecule has 0 radical (unpaired) electrons. The van der Waals surface area contributed by atoms with Crippen LogP contribution in [0.25, 0.3) is 0 Å². The van der Waals surface area contributed by atoms with Crippen LogP contribution in [0.1, 0.15) is 5.56 Å². The molecular formula is C13H10ClFO2S. The highest BCUT2D eigenvalue weighted by molar-refractivity contribution is 7.90. The van der Waals surface area contributed by atoms with Crippen molar-refractivity contribution < 1.29 is 12.8 Å². The van der Waals surface area contributed by atoms with Crippen LogP contribution >= 0.6 is 11.6 Å². The SMILES string of the molecule is O=S(=O)(Cc1ccc(Cl)cc1F)c1ccccc1. The van der Waals surface area contributed by atoms with E-state index in [0.717, 1.165) is 6.07 Å². The third-order valence-corrected chi connectivity index (χ3v) is 4.38. The van der Waals surface area contributed by atoms with Crippen molar-refractivity contribution in [2.75, 3.05) is 0 Å². The Morgan fingerprint density at radius 2 is 1.72 bits per heavy atom. The molecule has 0 unspecified atom stereocenters. The van der Waals surface area contributed by atoms with Crippen LogP contribution in [0.3, 0.4) is 0 Å². The number of halogens is 2. The summed E-state index contributed by atoms with van der Waals surface area (Å²) in [7, 11) is -3.53. The fourth-order valence-electron chi connectivity index (χ4n) is 1.55. The highest BCUT2D eigenvalue weighted by Gasteiger charge is 2.17. The molecule has 0 aliphatic heterocycles. The first kappa shape index (κ1) is 13.1. The van der Waals surface area contributed by atoms with Gasteiger partial charge in [-0.1, -0.05) is 35.9 Å². The molecule has 2 aromatic rings. The molecule has 2 rings (SSSR count). The molecule has 0 heterocycles. The molecule has 94 valence electrons. The Balaban J connectivity index is 2.34. The Labute approximate surface area is 110 Å². The van der Waals surface area contributed by atoms with Crippen LogP contribution in [0.2, 0.25) is 5.02 Å². The molecule has 0 fully saturated rings. The van der Waals surface area contributed by atoms with Crippen molar-refractivity contribution in [3.05, 3.63) is 64.9 Å². The Morgan fingerprint density at radius 1 is 1.06 bits per heavy atom. The van der Waals surface area contributed by atoms with Crippen LogP contribution in [0.4, 0.5) is 4.39 Å². The molecule has 5 heteroatoms. The topological polar surface area (TPSA) is 34.1 Å². The summed E-state index contributed by atoms with van der Waals surface area (Å²) in [4.78, 5) is 0.180. The van der Waals surface area contributed by atoms with E-state index in [0.29, 0.717) is 0 Å². The second-order valence-corrected chi connectivity index (χ2v) is 6.23. The van der Waals surface area contributed by atoms with E-state index in [4.69, 9.17) is 11.6 Å². The largest absolute Gasteiger partial charge is 0.223 e. The van der Waals surface area contributed by atoms with Crippen molar-refractivity contribution in [1.29, 1.82) is 0 Å². The highest BCUT2D eigenvalue weighted by Crippen LogP contribution is 2.20. The first-order chi connectivity index (χ1) is 8.49. The summed E-state index contributed by atoms with van der Waals surface area (Å²) in [5, 5.41) is 0.244. The fourth-order valence-corrected chi connectivity index (χ4v) is 3.10. The van der Waals surface area contributed by atoms with Crippen molar-refractivity contribution in [2.24, 2.45) is 0 Å². The Kier molecular flexibility index (Phi) is 3.68. The standard InChI is InChI=1S/C13H10ClFO2S/c14-11-7-6-10(13(15)8-11)9-18(16,17)12-4-2-1-3-5-12/h1-8H,9H2. The van der Waals surface area contributed by atoms with Gasteiger partial charge < -0.3 is 0 Å². The monoisotopic (exact) mass is 284 g/mol. The van der Waals surface area contributed by atoms with Crippen LogP contribution in [0.5, 0.6) is 0 Å². The van der Waals surface area contributed by atoms with E-state index in [1.807, 2.05) is 0 Å². The molecular weight excluding hydrogens is 275 g/mol. The molecule has 0 bridgehead atoms. The molecule has 2 aromatic carbocycles. The second-order valence-electron chi connectivity index (χ2n) is 3.81. The average Bonchev–Trinajstić information content (AvgIpc) is 2.34. The number of hydrogen-bond acceptors (Lipinski definition) is 2.